The van der Waals surface area contributed by atoms with Crippen molar-refractivity contribution in [3.8, 4) is 0 Å². The van der Waals surface area contributed by atoms with E-state index >= 15 is 0 Å². The molecule has 1 aromatic heterocycles. The van der Waals surface area contributed by atoms with Gasteiger partial charge in [-0.3, -0.25) is 4.79 Å². The van der Waals surface area contributed by atoms with Gasteiger partial charge in [0.05, 0.1) is 5.69 Å². The molecule has 0 amide bonds. The van der Waals surface area contributed by atoms with Gasteiger partial charge in [-0.15, -0.1) is 11.3 Å². The first-order valence-corrected chi connectivity index (χ1v) is 6.96. The Labute approximate surface area is 111 Å². The van der Waals surface area contributed by atoms with Crippen molar-refractivity contribution in [3.63, 3.8) is 0 Å². The summed E-state index contributed by atoms with van der Waals surface area (Å²) < 4.78 is 0. The maximum atomic E-state index is 10.8. The summed E-state index contributed by atoms with van der Waals surface area (Å²) in [6.45, 7) is 6.50. The van der Waals surface area contributed by atoms with Crippen LogP contribution in [0, 0.1) is 5.41 Å². The van der Waals surface area contributed by atoms with Gasteiger partial charge in [0, 0.05) is 18.5 Å². The Bertz CT molecular complexity index is 434. The number of thiazole rings is 1. The monoisotopic (exact) mass is 269 g/mol. The second kappa shape index (κ2) is 4.85. The zero-order chi connectivity index (χ0) is 13.3. The summed E-state index contributed by atoms with van der Waals surface area (Å²) in [6, 6.07) is -1.02. The average Bonchev–Trinajstić information content (AvgIpc) is 2.77. The summed E-state index contributed by atoms with van der Waals surface area (Å²) in [5.74, 6) is -1.04. The lowest BCUT2D eigenvalue weighted by atomic mass is 9.83. The number of carbonyl (C=O) groups is 1. The lowest BCUT2D eigenvalue weighted by Crippen LogP contribution is -2.37. The predicted octanol–water partition coefficient (Wildman–Crippen LogP) is 1.85. The molecule has 6 heteroatoms. The molecule has 18 heavy (non-hydrogen) atoms. The van der Waals surface area contributed by atoms with Crippen molar-refractivity contribution in [2.45, 2.75) is 32.7 Å². The quantitative estimate of drug-likeness (QED) is 0.875. The molecule has 0 aliphatic carbocycles. The number of nitrogens with two attached hydrogens (primary N) is 1. The fourth-order valence-corrected chi connectivity index (χ4v) is 2.91. The maximum Gasteiger partial charge on any atom is 0.326 e. The summed E-state index contributed by atoms with van der Waals surface area (Å²) in [5.41, 5.74) is 6.40. The van der Waals surface area contributed by atoms with Crippen LogP contribution in [0.1, 0.15) is 38.4 Å². The molecule has 0 spiro atoms. The Morgan fingerprint density at radius 2 is 2.17 bits per heavy atom. The summed E-state index contributed by atoms with van der Waals surface area (Å²) in [7, 11) is 0. The van der Waals surface area contributed by atoms with Gasteiger partial charge in [0.2, 0.25) is 0 Å². The van der Waals surface area contributed by atoms with E-state index in [0.29, 0.717) is 11.1 Å². The Hall–Kier alpha value is -1.14. The van der Waals surface area contributed by atoms with Gasteiger partial charge < -0.3 is 15.7 Å². The summed E-state index contributed by atoms with van der Waals surface area (Å²) in [4.78, 5) is 17.4. The number of carboxylic acid groups (broad SMARTS) is 1. The molecule has 3 N–H and O–H groups in total. The SMILES string of the molecule is CC1(C)CCN(c2nc(C(N)C(=O)O)cs2)CC1. The highest BCUT2D eigenvalue weighted by Crippen LogP contribution is 2.33. The molecule has 1 saturated heterocycles. The number of aliphatic carboxylic acids is 1. The summed E-state index contributed by atoms with van der Waals surface area (Å²) in [5, 5.41) is 11.5. The molecule has 5 nitrogen and oxygen atoms in total. The Morgan fingerprint density at radius 1 is 1.56 bits per heavy atom. The number of piperidine rings is 1. The van der Waals surface area contributed by atoms with Crippen LogP contribution in [0.25, 0.3) is 0 Å². The molecule has 1 aromatic rings. The van der Waals surface area contributed by atoms with Gasteiger partial charge in [0.15, 0.2) is 5.13 Å². The number of carboxylic acids is 1. The van der Waals surface area contributed by atoms with Crippen LogP contribution < -0.4 is 10.6 Å². The van der Waals surface area contributed by atoms with Crippen molar-refractivity contribution in [2.24, 2.45) is 11.1 Å². The van der Waals surface area contributed by atoms with Crippen molar-refractivity contribution in [1.82, 2.24) is 4.98 Å². The average molecular weight is 269 g/mol. The van der Waals surface area contributed by atoms with E-state index in [1.165, 1.54) is 11.3 Å². The first kappa shape index (κ1) is 13.3. The van der Waals surface area contributed by atoms with Crippen molar-refractivity contribution in [2.75, 3.05) is 18.0 Å². The number of hydrogen-bond acceptors (Lipinski definition) is 5. The zero-order valence-corrected chi connectivity index (χ0v) is 11.5. The van der Waals surface area contributed by atoms with Gasteiger partial charge in [-0.1, -0.05) is 13.8 Å². The minimum Gasteiger partial charge on any atom is -0.480 e. The highest BCUT2D eigenvalue weighted by molar-refractivity contribution is 7.13. The van der Waals surface area contributed by atoms with E-state index in [1.807, 2.05) is 0 Å². The van der Waals surface area contributed by atoms with Gasteiger partial charge in [0.1, 0.15) is 6.04 Å². The van der Waals surface area contributed by atoms with Gasteiger partial charge in [0.25, 0.3) is 0 Å². The summed E-state index contributed by atoms with van der Waals surface area (Å²) in [6.07, 6.45) is 2.26. The van der Waals surface area contributed by atoms with Crippen molar-refractivity contribution < 1.29 is 9.90 Å². The van der Waals surface area contributed by atoms with Crippen LogP contribution in [0.15, 0.2) is 5.38 Å². The lowest BCUT2D eigenvalue weighted by Gasteiger charge is -2.36. The van der Waals surface area contributed by atoms with Crippen LogP contribution in [0.2, 0.25) is 0 Å². The number of nitrogens with zero attached hydrogens (tertiary/aromatic N) is 2. The smallest absolute Gasteiger partial charge is 0.326 e. The van der Waals surface area contributed by atoms with Crippen molar-refractivity contribution in [3.05, 3.63) is 11.1 Å². The van der Waals surface area contributed by atoms with Crippen molar-refractivity contribution >= 4 is 22.4 Å². The molecule has 0 radical (unpaired) electrons. The minimum absolute atomic E-state index is 0.397. The van der Waals surface area contributed by atoms with E-state index < -0.39 is 12.0 Å². The minimum atomic E-state index is -1.04. The normalized spacial score (nSPS) is 20.7. The summed E-state index contributed by atoms with van der Waals surface area (Å²) >= 11 is 1.47. The van der Waals surface area contributed by atoms with Gasteiger partial charge >= 0.3 is 5.97 Å². The van der Waals surface area contributed by atoms with E-state index in [2.05, 4.69) is 23.7 Å². The molecule has 100 valence electrons. The van der Waals surface area contributed by atoms with Crippen molar-refractivity contribution in [1.29, 1.82) is 0 Å². The van der Waals surface area contributed by atoms with Gasteiger partial charge in [-0.2, -0.15) is 0 Å². The Morgan fingerprint density at radius 3 is 2.72 bits per heavy atom. The topological polar surface area (TPSA) is 79.5 Å². The van der Waals surface area contributed by atoms with E-state index in [0.717, 1.165) is 31.1 Å². The third kappa shape index (κ3) is 2.81. The van der Waals surface area contributed by atoms with Crippen LogP contribution in [-0.4, -0.2) is 29.1 Å². The lowest BCUT2D eigenvalue weighted by molar-refractivity contribution is -0.138. The molecule has 0 saturated carbocycles. The predicted molar refractivity (Wildman–Crippen MR) is 71.9 cm³/mol. The Kier molecular flexibility index (Phi) is 3.59. The van der Waals surface area contributed by atoms with Gasteiger partial charge in [-0.05, 0) is 18.3 Å². The number of rotatable bonds is 3. The zero-order valence-electron chi connectivity index (χ0n) is 10.7. The standard InChI is InChI=1S/C12H19N3O2S/c1-12(2)3-5-15(6-4-12)11-14-8(7-18-11)9(13)10(16)17/h7,9H,3-6,13H2,1-2H3,(H,16,17). The first-order chi connectivity index (χ1) is 8.39. The molecule has 2 heterocycles. The molecular formula is C12H19N3O2S. The third-order valence-corrected chi connectivity index (χ3v) is 4.40. The molecule has 0 bridgehead atoms. The highest BCUT2D eigenvalue weighted by atomic mass is 32.1. The number of hydrogen-bond donors (Lipinski definition) is 2. The van der Waals surface area contributed by atoms with E-state index in [-0.39, 0.29) is 0 Å². The van der Waals surface area contributed by atoms with E-state index in [1.54, 1.807) is 5.38 Å². The Balaban J connectivity index is 2.05. The largest absolute Gasteiger partial charge is 0.480 e. The van der Waals surface area contributed by atoms with Gasteiger partial charge in [-0.25, -0.2) is 4.98 Å². The molecule has 1 aliphatic rings. The molecule has 0 aromatic carbocycles. The second-order valence-electron chi connectivity index (χ2n) is 5.52. The third-order valence-electron chi connectivity index (χ3n) is 3.48. The molecule has 2 rings (SSSR count). The van der Waals surface area contributed by atoms with E-state index in [9.17, 15) is 4.79 Å². The fourth-order valence-electron chi connectivity index (χ4n) is 1.99. The van der Waals surface area contributed by atoms with Crippen LogP contribution in [0.3, 0.4) is 0 Å². The molecular weight excluding hydrogens is 250 g/mol. The number of aromatic nitrogens is 1. The van der Waals surface area contributed by atoms with E-state index in [4.69, 9.17) is 10.8 Å². The van der Waals surface area contributed by atoms with Crippen LogP contribution >= 0.6 is 11.3 Å². The maximum absolute atomic E-state index is 10.8. The fraction of sp³-hybridized carbons (Fsp3) is 0.667. The number of anilines is 1. The second-order valence-corrected chi connectivity index (χ2v) is 6.36. The molecule has 1 fully saturated rings. The molecule has 1 atom stereocenters. The van der Waals surface area contributed by atoms with Crippen LogP contribution in [0.5, 0.6) is 0 Å². The van der Waals surface area contributed by atoms with Crippen LogP contribution in [-0.2, 0) is 4.79 Å². The molecule has 1 aliphatic heterocycles. The first-order valence-electron chi connectivity index (χ1n) is 6.08. The molecule has 1 unspecified atom stereocenters. The highest BCUT2D eigenvalue weighted by Gasteiger charge is 2.27. The van der Waals surface area contributed by atoms with Crippen LogP contribution in [0.4, 0.5) is 5.13 Å².